The van der Waals surface area contributed by atoms with Crippen LogP contribution < -0.4 is 14.8 Å². The van der Waals surface area contributed by atoms with E-state index in [9.17, 15) is 4.79 Å². The van der Waals surface area contributed by atoms with E-state index in [0.29, 0.717) is 29.1 Å². The molecular weight excluding hydrogens is 380 g/mol. The van der Waals surface area contributed by atoms with Gasteiger partial charge >= 0.3 is 0 Å². The molecule has 0 aliphatic heterocycles. The third kappa shape index (κ3) is 4.32. The highest BCUT2D eigenvalue weighted by Crippen LogP contribution is 2.33. The average molecular weight is 402 g/mol. The van der Waals surface area contributed by atoms with Crippen LogP contribution in [0.25, 0.3) is 16.4 Å². The highest BCUT2D eigenvalue weighted by atomic mass is 32.1. The molecule has 0 aliphatic rings. The van der Waals surface area contributed by atoms with Gasteiger partial charge in [0.15, 0.2) is 11.5 Å². The lowest BCUT2D eigenvalue weighted by atomic mass is 10.1. The molecule has 2 aromatic heterocycles. The van der Waals surface area contributed by atoms with Crippen molar-refractivity contribution in [1.82, 2.24) is 14.8 Å². The zero-order valence-corrected chi connectivity index (χ0v) is 17.0. The molecule has 1 amide bonds. The van der Waals surface area contributed by atoms with E-state index in [1.807, 2.05) is 37.4 Å². The van der Waals surface area contributed by atoms with E-state index < -0.39 is 0 Å². The van der Waals surface area contributed by atoms with Gasteiger partial charge in [0.1, 0.15) is 12.4 Å². The smallest absolute Gasteiger partial charge is 0.251 e. The number of aryl methyl sites for hydroxylation is 1. The Morgan fingerprint density at radius 3 is 2.71 bits per heavy atom. The van der Waals surface area contributed by atoms with Crippen LogP contribution in [0.4, 0.5) is 5.82 Å². The monoisotopic (exact) mass is 402 g/mol. The van der Waals surface area contributed by atoms with Crippen LogP contribution in [0.3, 0.4) is 0 Å². The van der Waals surface area contributed by atoms with Crippen LogP contribution in [-0.4, -0.2) is 48.1 Å². The molecule has 0 spiro atoms. The van der Waals surface area contributed by atoms with Gasteiger partial charge in [0.05, 0.1) is 25.6 Å². The number of ether oxygens (including phenoxy) is 3. The van der Waals surface area contributed by atoms with Crippen molar-refractivity contribution >= 4 is 23.1 Å². The number of thiazole rings is 1. The molecule has 3 rings (SSSR count). The lowest BCUT2D eigenvalue weighted by Crippen LogP contribution is -2.20. The molecule has 9 heteroatoms. The molecule has 0 bridgehead atoms. The maximum atomic E-state index is 12.0. The Labute approximate surface area is 167 Å². The SMILES string of the molecule is CCOCC(=O)Nc1cc(C)nn1-c1nc(-c2ccc(OC)c(OC)c2)cs1. The first-order valence-corrected chi connectivity index (χ1v) is 9.56. The van der Waals surface area contributed by atoms with E-state index in [2.05, 4.69) is 15.4 Å². The van der Waals surface area contributed by atoms with E-state index in [4.69, 9.17) is 14.2 Å². The predicted octanol–water partition coefficient (Wildman–Crippen LogP) is 3.30. The molecule has 1 N–H and O–H groups in total. The number of carbonyl (C=O) groups excluding carboxylic acids is 1. The summed E-state index contributed by atoms with van der Waals surface area (Å²) in [5.74, 6) is 1.60. The van der Waals surface area contributed by atoms with Crippen molar-refractivity contribution in [3.05, 3.63) is 35.3 Å². The molecule has 8 nitrogen and oxygen atoms in total. The third-order valence-corrected chi connectivity index (χ3v) is 4.71. The van der Waals surface area contributed by atoms with Crippen molar-refractivity contribution in [2.45, 2.75) is 13.8 Å². The number of hydrogen-bond acceptors (Lipinski definition) is 7. The van der Waals surface area contributed by atoms with Gasteiger partial charge < -0.3 is 19.5 Å². The summed E-state index contributed by atoms with van der Waals surface area (Å²) in [5, 5.41) is 9.83. The fourth-order valence-corrected chi connectivity index (χ4v) is 3.39. The molecule has 2 heterocycles. The second-order valence-corrected chi connectivity index (χ2v) is 6.69. The largest absolute Gasteiger partial charge is 0.493 e. The highest BCUT2D eigenvalue weighted by Gasteiger charge is 2.15. The van der Waals surface area contributed by atoms with Gasteiger partial charge in [0.25, 0.3) is 5.91 Å². The number of methoxy groups -OCH3 is 2. The van der Waals surface area contributed by atoms with Gasteiger partial charge in [-0.05, 0) is 32.0 Å². The molecule has 0 fully saturated rings. The molecule has 0 atom stereocenters. The molecule has 0 aliphatic carbocycles. The minimum atomic E-state index is -0.236. The van der Waals surface area contributed by atoms with E-state index in [-0.39, 0.29) is 12.5 Å². The topological polar surface area (TPSA) is 87.5 Å². The first-order chi connectivity index (χ1) is 13.5. The van der Waals surface area contributed by atoms with Gasteiger partial charge in [-0.15, -0.1) is 11.3 Å². The summed E-state index contributed by atoms with van der Waals surface area (Å²) >= 11 is 1.43. The fourth-order valence-electron chi connectivity index (χ4n) is 2.60. The second kappa shape index (κ2) is 8.85. The number of rotatable bonds is 8. The van der Waals surface area contributed by atoms with Gasteiger partial charge in [0.2, 0.25) is 5.13 Å². The molecule has 0 radical (unpaired) electrons. The second-order valence-electron chi connectivity index (χ2n) is 5.85. The van der Waals surface area contributed by atoms with Crippen molar-refractivity contribution in [3.63, 3.8) is 0 Å². The van der Waals surface area contributed by atoms with Crippen LogP contribution in [0.5, 0.6) is 11.5 Å². The van der Waals surface area contributed by atoms with Crippen molar-refractivity contribution in [1.29, 1.82) is 0 Å². The van der Waals surface area contributed by atoms with E-state index in [1.54, 1.807) is 25.0 Å². The van der Waals surface area contributed by atoms with E-state index >= 15 is 0 Å². The molecule has 0 saturated heterocycles. The molecular formula is C19H22N4O4S. The summed E-state index contributed by atoms with van der Waals surface area (Å²) in [7, 11) is 3.19. The molecule has 28 heavy (non-hydrogen) atoms. The fraction of sp³-hybridized carbons (Fsp3) is 0.316. The van der Waals surface area contributed by atoms with Gasteiger partial charge in [0, 0.05) is 23.6 Å². The lowest BCUT2D eigenvalue weighted by Gasteiger charge is -2.08. The number of benzene rings is 1. The third-order valence-electron chi connectivity index (χ3n) is 3.89. The zero-order valence-electron chi connectivity index (χ0n) is 16.2. The zero-order chi connectivity index (χ0) is 20.1. The summed E-state index contributed by atoms with van der Waals surface area (Å²) < 4.78 is 17.4. The number of anilines is 1. The summed E-state index contributed by atoms with van der Waals surface area (Å²) in [4.78, 5) is 16.7. The predicted molar refractivity (Wildman–Crippen MR) is 108 cm³/mol. The number of hydrogen-bond donors (Lipinski definition) is 1. The first-order valence-electron chi connectivity index (χ1n) is 8.68. The van der Waals surface area contributed by atoms with Crippen LogP contribution in [0.15, 0.2) is 29.6 Å². The number of amides is 1. The Kier molecular flexibility index (Phi) is 6.27. The Hall–Kier alpha value is -2.91. The maximum absolute atomic E-state index is 12.0. The lowest BCUT2D eigenvalue weighted by molar-refractivity contribution is -0.120. The quantitative estimate of drug-likeness (QED) is 0.622. The molecule has 3 aromatic rings. The van der Waals surface area contributed by atoms with E-state index in [0.717, 1.165) is 17.0 Å². The number of aromatic nitrogens is 3. The van der Waals surface area contributed by atoms with Crippen molar-refractivity contribution in [2.24, 2.45) is 0 Å². The van der Waals surface area contributed by atoms with Crippen LogP contribution in [-0.2, 0) is 9.53 Å². The normalized spacial score (nSPS) is 10.7. The van der Waals surface area contributed by atoms with Crippen molar-refractivity contribution in [2.75, 3.05) is 32.8 Å². The summed E-state index contributed by atoms with van der Waals surface area (Å²) in [6, 6.07) is 7.42. The van der Waals surface area contributed by atoms with Crippen LogP contribution in [0, 0.1) is 6.92 Å². The number of nitrogens with one attached hydrogen (secondary N) is 1. The van der Waals surface area contributed by atoms with Crippen LogP contribution in [0.1, 0.15) is 12.6 Å². The highest BCUT2D eigenvalue weighted by molar-refractivity contribution is 7.12. The molecule has 0 saturated carbocycles. The van der Waals surface area contributed by atoms with Crippen molar-refractivity contribution in [3.8, 4) is 27.9 Å². The first kappa shape index (κ1) is 19.8. The molecule has 0 unspecified atom stereocenters. The van der Waals surface area contributed by atoms with Crippen LogP contribution >= 0.6 is 11.3 Å². The Morgan fingerprint density at radius 1 is 1.21 bits per heavy atom. The average Bonchev–Trinajstić information content (AvgIpc) is 3.32. The number of nitrogens with zero attached hydrogens (tertiary/aromatic N) is 3. The van der Waals surface area contributed by atoms with Gasteiger partial charge in [-0.3, -0.25) is 4.79 Å². The van der Waals surface area contributed by atoms with Gasteiger partial charge in [-0.1, -0.05) is 0 Å². The van der Waals surface area contributed by atoms with Gasteiger partial charge in [-0.2, -0.15) is 9.78 Å². The minimum absolute atomic E-state index is 0.00447. The Morgan fingerprint density at radius 2 is 2.00 bits per heavy atom. The standard InChI is InChI=1S/C19H22N4O4S/c1-5-27-10-18(24)21-17-8-12(2)22-23(17)19-20-14(11-28-19)13-6-7-15(25-3)16(9-13)26-4/h6-9,11H,5,10H2,1-4H3,(H,21,24). The van der Waals surface area contributed by atoms with Crippen molar-refractivity contribution < 1.29 is 19.0 Å². The van der Waals surface area contributed by atoms with Crippen LogP contribution in [0.2, 0.25) is 0 Å². The molecule has 148 valence electrons. The molecule has 1 aromatic carbocycles. The summed E-state index contributed by atoms with van der Waals surface area (Å²) in [5.41, 5.74) is 2.45. The maximum Gasteiger partial charge on any atom is 0.251 e. The van der Waals surface area contributed by atoms with E-state index in [1.165, 1.54) is 11.3 Å². The Bertz CT molecular complexity index is 967. The minimum Gasteiger partial charge on any atom is -0.493 e. The Balaban J connectivity index is 1.87. The summed E-state index contributed by atoms with van der Waals surface area (Å²) in [6.07, 6.45) is 0. The van der Waals surface area contributed by atoms with Gasteiger partial charge in [-0.25, -0.2) is 4.98 Å². The number of carbonyl (C=O) groups is 1. The summed E-state index contributed by atoms with van der Waals surface area (Å²) in [6.45, 7) is 4.17.